The molecule has 0 unspecified atom stereocenters. The molecule has 0 saturated heterocycles. The maximum atomic E-state index is 12.6. The Morgan fingerprint density at radius 1 is 0.960 bits per heavy atom. The zero-order chi connectivity index (χ0) is 17.4. The molecule has 4 rings (SSSR count). The van der Waals surface area contributed by atoms with Gasteiger partial charge in [-0.05, 0) is 47.5 Å². The van der Waals surface area contributed by atoms with Crippen molar-refractivity contribution in [2.45, 2.75) is 6.92 Å². The van der Waals surface area contributed by atoms with Crippen LogP contribution < -0.4 is 10.9 Å². The maximum Gasteiger partial charge on any atom is 0.261 e. The Kier molecular flexibility index (Phi) is 3.58. The lowest BCUT2D eigenvalue weighted by molar-refractivity contribution is 0.102. The number of carbonyl (C=O) groups excluding carboxylic acids is 1. The first kappa shape index (κ1) is 15.1. The summed E-state index contributed by atoms with van der Waals surface area (Å²) in [5.74, 6) is -0.353. The summed E-state index contributed by atoms with van der Waals surface area (Å²) in [4.78, 5) is 12.6. The second-order valence-electron chi connectivity index (χ2n) is 6.01. The third-order valence-corrected chi connectivity index (χ3v) is 4.20. The molecule has 0 atom stereocenters. The fourth-order valence-electron chi connectivity index (χ4n) is 2.98. The summed E-state index contributed by atoms with van der Waals surface area (Å²) in [6.45, 7) is 1.96. The first-order valence-corrected chi connectivity index (χ1v) is 8.00. The molecule has 0 aliphatic carbocycles. The molecule has 0 aliphatic rings. The van der Waals surface area contributed by atoms with Crippen LogP contribution in [0.2, 0.25) is 0 Å². The Labute approximate surface area is 144 Å². The number of benzene rings is 3. The van der Waals surface area contributed by atoms with Gasteiger partial charge in [0.25, 0.3) is 5.91 Å². The number of fused-ring (bicyclic) bond motifs is 3. The Morgan fingerprint density at radius 3 is 2.64 bits per heavy atom. The van der Waals surface area contributed by atoms with Gasteiger partial charge in [-0.1, -0.05) is 42.5 Å². The first-order valence-electron chi connectivity index (χ1n) is 8.00. The van der Waals surface area contributed by atoms with Gasteiger partial charge in [0.1, 0.15) is 11.1 Å². The predicted molar refractivity (Wildman–Crippen MR) is 98.7 cm³/mol. The average Bonchev–Trinajstić information content (AvgIpc) is 2.61. The maximum absolute atomic E-state index is 12.6. The molecule has 4 nitrogen and oxygen atoms in total. The van der Waals surface area contributed by atoms with E-state index in [0.29, 0.717) is 11.3 Å². The molecule has 0 aliphatic heterocycles. The standard InChI is InChI=1S/C21H16N2O2/c1-13-5-4-7-15(11-13)23-21(24)18-12-17-16-8-3-2-6-14(16)9-10-19(17)25-20(18)22/h2-12,22H,1H3,(H,23,24). The largest absolute Gasteiger partial charge is 0.438 e. The molecular weight excluding hydrogens is 312 g/mol. The Hall–Kier alpha value is -3.40. The van der Waals surface area contributed by atoms with Crippen molar-refractivity contribution in [2.75, 3.05) is 5.32 Å². The topological polar surface area (TPSA) is 66.1 Å². The van der Waals surface area contributed by atoms with Crippen LogP contribution in [0.25, 0.3) is 21.7 Å². The molecule has 25 heavy (non-hydrogen) atoms. The summed E-state index contributed by atoms with van der Waals surface area (Å²) < 4.78 is 5.59. The number of nitrogens with one attached hydrogen (secondary N) is 2. The number of hydrogen-bond acceptors (Lipinski definition) is 3. The van der Waals surface area contributed by atoms with Crippen molar-refractivity contribution in [3.63, 3.8) is 0 Å². The minimum Gasteiger partial charge on any atom is -0.438 e. The van der Waals surface area contributed by atoms with Crippen LogP contribution in [-0.2, 0) is 0 Å². The van der Waals surface area contributed by atoms with Crippen LogP contribution in [0.3, 0.4) is 0 Å². The lowest BCUT2D eigenvalue weighted by Gasteiger charge is -2.08. The number of rotatable bonds is 2. The molecule has 4 heteroatoms. The van der Waals surface area contributed by atoms with Crippen LogP contribution >= 0.6 is 0 Å². The monoisotopic (exact) mass is 328 g/mol. The number of anilines is 1. The SMILES string of the molecule is Cc1cccc(NC(=O)c2cc3c(ccc4ccccc43)oc2=N)c1. The van der Waals surface area contributed by atoms with Crippen LogP contribution in [0.15, 0.2) is 71.1 Å². The molecule has 1 heterocycles. The summed E-state index contributed by atoms with van der Waals surface area (Å²) in [5, 5.41) is 13.8. The van der Waals surface area contributed by atoms with E-state index >= 15 is 0 Å². The molecular formula is C21H16N2O2. The molecule has 1 amide bonds. The average molecular weight is 328 g/mol. The second kappa shape index (κ2) is 5.91. The zero-order valence-corrected chi connectivity index (χ0v) is 13.7. The van der Waals surface area contributed by atoms with Crippen molar-refractivity contribution in [1.82, 2.24) is 0 Å². The van der Waals surface area contributed by atoms with Gasteiger partial charge in [0.05, 0.1) is 0 Å². The summed E-state index contributed by atoms with van der Waals surface area (Å²) in [6.07, 6.45) is 0. The minimum absolute atomic E-state index is 0.145. The molecule has 0 saturated carbocycles. The fourth-order valence-corrected chi connectivity index (χ4v) is 2.98. The quantitative estimate of drug-likeness (QED) is 0.527. The van der Waals surface area contributed by atoms with Crippen molar-refractivity contribution in [1.29, 1.82) is 5.41 Å². The van der Waals surface area contributed by atoms with E-state index in [1.165, 1.54) is 0 Å². The molecule has 0 fully saturated rings. The first-order chi connectivity index (χ1) is 12.1. The van der Waals surface area contributed by atoms with Crippen molar-refractivity contribution >= 4 is 33.3 Å². The summed E-state index contributed by atoms with van der Waals surface area (Å²) >= 11 is 0. The summed E-state index contributed by atoms with van der Waals surface area (Å²) in [6, 6.07) is 21.0. The van der Waals surface area contributed by atoms with E-state index in [0.717, 1.165) is 21.7 Å². The number of carbonyl (C=O) groups is 1. The molecule has 0 bridgehead atoms. The number of aryl methyl sites for hydroxylation is 1. The molecule has 0 spiro atoms. The van der Waals surface area contributed by atoms with Gasteiger partial charge in [-0.15, -0.1) is 0 Å². The molecule has 2 N–H and O–H groups in total. The lowest BCUT2D eigenvalue weighted by Crippen LogP contribution is -2.20. The molecule has 1 aromatic heterocycles. The van der Waals surface area contributed by atoms with Crippen molar-refractivity contribution in [3.8, 4) is 0 Å². The highest BCUT2D eigenvalue weighted by atomic mass is 16.3. The van der Waals surface area contributed by atoms with Gasteiger partial charge in [0, 0.05) is 11.1 Å². The minimum atomic E-state index is -0.353. The van der Waals surface area contributed by atoms with Crippen LogP contribution in [0.4, 0.5) is 5.69 Å². The normalized spacial score (nSPS) is 10.9. The van der Waals surface area contributed by atoms with Gasteiger partial charge in [-0.2, -0.15) is 0 Å². The van der Waals surface area contributed by atoms with Gasteiger partial charge >= 0.3 is 0 Å². The van der Waals surface area contributed by atoms with Crippen LogP contribution in [0, 0.1) is 12.3 Å². The van der Waals surface area contributed by atoms with E-state index in [-0.39, 0.29) is 17.0 Å². The van der Waals surface area contributed by atoms with E-state index < -0.39 is 0 Å². The van der Waals surface area contributed by atoms with E-state index in [1.807, 2.05) is 67.6 Å². The van der Waals surface area contributed by atoms with E-state index in [9.17, 15) is 4.79 Å². The van der Waals surface area contributed by atoms with Gasteiger partial charge in [-0.25, -0.2) is 0 Å². The number of amides is 1. The lowest BCUT2D eigenvalue weighted by atomic mass is 10.0. The van der Waals surface area contributed by atoms with Gasteiger partial charge in [0.15, 0.2) is 0 Å². The Balaban J connectivity index is 1.83. The van der Waals surface area contributed by atoms with Gasteiger partial charge in [0.2, 0.25) is 5.55 Å². The summed E-state index contributed by atoms with van der Waals surface area (Å²) in [5.41, 5.74) is 2.41. The third-order valence-electron chi connectivity index (χ3n) is 4.20. The van der Waals surface area contributed by atoms with Gasteiger partial charge < -0.3 is 9.73 Å². The van der Waals surface area contributed by atoms with Crippen LogP contribution in [0.5, 0.6) is 0 Å². The molecule has 3 aromatic carbocycles. The highest BCUT2D eigenvalue weighted by Crippen LogP contribution is 2.25. The van der Waals surface area contributed by atoms with Gasteiger partial charge in [-0.3, -0.25) is 10.2 Å². The Bertz CT molecular complexity index is 1180. The third kappa shape index (κ3) is 2.78. The van der Waals surface area contributed by atoms with Crippen molar-refractivity contribution in [3.05, 3.63) is 83.4 Å². The zero-order valence-electron chi connectivity index (χ0n) is 13.7. The molecule has 0 radical (unpaired) electrons. The second-order valence-corrected chi connectivity index (χ2v) is 6.01. The highest BCUT2D eigenvalue weighted by Gasteiger charge is 2.13. The predicted octanol–water partition coefficient (Wildman–Crippen LogP) is 4.63. The highest BCUT2D eigenvalue weighted by molar-refractivity contribution is 6.10. The van der Waals surface area contributed by atoms with E-state index in [1.54, 1.807) is 6.07 Å². The molecule has 122 valence electrons. The van der Waals surface area contributed by atoms with Crippen molar-refractivity contribution < 1.29 is 9.21 Å². The summed E-state index contributed by atoms with van der Waals surface area (Å²) in [7, 11) is 0. The van der Waals surface area contributed by atoms with E-state index in [2.05, 4.69) is 5.32 Å². The van der Waals surface area contributed by atoms with Crippen molar-refractivity contribution in [2.24, 2.45) is 0 Å². The smallest absolute Gasteiger partial charge is 0.261 e. The number of hydrogen-bond donors (Lipinski definition) is 2. The van der Waals surface area contributed by atoms with Crippen LogP contribution in [0.1, 0.15) is 15.9 Å². The Morgan fingerprint density at radius 2 is 1.80 bits per heavy atom. The fraction of sp³-hybridized carbons (Fsp3) is 0.0476. The van der Waals surface area contributed by atoms with E-state index in [4.69, 9.17) is 9.83 Å². The molecule has 4 aromatic rings. The van der Waals surface area contributed by atoms with Crippen LogP contribution in [-0.4, -0.2) is 5.91 Å².